The lowest BCUT2D eigenvalue weighted by molar-refractivity contribution is -0.149. The lowest BCUT2D eigenvalue weighted by Gasteiger charge is -2.08. The summed E-state index contributed by atoms with van der Waals surface area (Å²) in [7, 11) is 0. The van der Waals surface area contributed by atoms with Crippen LogP contribution in [0.5, 0.6) is 0 Å². The zero-order valence-corrected chi connectivity index (χ0v) is 9.66. The topological polar surface area (TPSA) is 46.5 Å². The molecule has 0 aliphatic heterocycles. The first-order chi connectivity index (χ1) is 7.66. The predicted molar refractivity (Wildman–Crippen MR) is 63.7 cm³/mol. The summed E-state index contributed by atoms with van der Waals surface area (Å²) >= 11 is 1.69. The third-order valence-corrected chi connectivity index (χ3v) is 3.26. The lowest BCUT2D eigenvalue weighted by Crippen LogP contribution is -2.19. The molecule has 0 bridgehead atoms. The molecule has 16 heavy (non-hydrogen) atoms. The summed E-state index contributed by atoms with van der Waals surface area (Å²) in [4.78, 5) is 10.6. The van der Waals surface area contributed by atoms with Crippen LogP contribution in [0.15, 0.2) is 29.6 Å². The molecule has 1 aromatic heterocycles. The van der Waals surface area contributed by atoms with Crippen LogP contribution in [-0.4, -0.2) is 17.2 Å². The van der Waals surface area contributed by atoms with Gasteiger partial charge in [-0.3, -0.25) is 0 Å². The van der Waals surface area contributed by atoms with E-state index in [1.807, 2.05) is 29.6 Å². The molecule has 0 saturated carbocycles. The summed E-state index contributed by atoms with van der Waals surface area (Å²) in [6.07, 6.45) is -0.766. The largest absolute Gasteiger partial charge is 0.479 e. The highest BCUT2D eigenvalue weighted by atomic mass is 32.1. The molecule has 1 atom stereocenters. The fourth-order valence-electron chi connectivity index (χ4n) is 1.40. The highest BCUT2D eigenvalue weighted by molar-refractivity contribution is 7.17. The van der Waals surface area contributed by atoms with E-state index in [1.54, 1.807) is 11.3 Å². The van der Waals surface area contributed by atoms with E-state index in [9.17, 15) is 4.79 Å². The van der Waals surface area contributed by atoms with Gasteiger partial charge in [-0.05, 0) is 41.5 Å². The SMILES string of the molecule is CC(OCc1ccc2sccc2c1)C(=O)O. The van der Waals surface area contributed by atoms with Gasteiger partial charge in [0.15, 0.2) is 6.10 Å². The van der Waals surface area contributed by atoms with Gasteiger partial charge in [-0.15, -0.1) is 11.3 Å². The number of carboxylic acids is 1. The van der Waals surface area contributed by atoms with E-state index >= 15 is 0 Å². The van der Waals surface area contributed by atoms with Crippen LogP contribution in [-0.2, 0) is 16.1 Å². The van der Waals surface area contributed by atoms with Crippen molar-refractivity contribution in [3.8, 4) is 0 Å². The first-order valence-electron chi connectivity index (χ1n) is 4.97. The fraction of sp³-hybridized carbons (Fsp3) is 0.250. The van der Waals surface area contributed by atoms with Crippen LogP contribution in [0.3, 0.4) is 0 Å². The first-order valence-corrected chi connectivity index (χ1v) is 5.85. The molecule has 4 heteroatoms. The predicted octanol–water partition coefficient (Wildman–Crippen LogP) is 2.89. The zero-order chi connectivity index (χ0) is 11.5. The number of hydrogen-bond donors (Lipinski definition) is 1. The minimum absolute atomic E-state index is 0.333. The molecule has 2 aromatic rings. The average molecular weight is 236 g/mol. The van der Waals surface area contributed by atoms with Crippen molar-refractivity contribution in [2.45, 2.75) is 19.6 Å². The van der Waals surface area contributed by atoms with E-state index in [-0.39, 0.29) is 0 Å². The minimum atomic E-state index is -0.934. The second kappa shape index (κ2) is 4.63. The highest BCUT2D eigenvalue weighted by Crippen LogP contribution is 2.22. The molecule has 0 fully saturated rings. The van der Waals surface area contributed by atoms with Crippen molar-refractivity contribution in [2.75, 3.05) is 0 Å². The Bertz CT molecular complexity index is 504. The van der Waals surface area contributed by atoms with Gasteiger partial charge in [-0.1, -0.05) is 6.07 Å². The summed E-state index contributed by atoms with van der Waals surface area (Å²) in [5.41, 5.74) is 0.999. The summed E-state index contributed by atoms with van der Waals surface area (Å²) in [5.74, 6) is -0.934. The molecule has 2 rings (SSSR count). The number of fused-ring (bicyclic) bond motifs is 1. The van der Waals surface area contributed by atoms with E-state index < -0.39 is 12.1 Å². The molecule has 1 aromatic carbocycles. The number of rotatable bonds is 4. The molecule has 0 radical (unpaired) electrons. The number of hydrogen-bond acceptors (Lipinski definition) is 3. The van der Waals surface area contributed by atoms with Crippen molar-refractivity contribution in [1.82, 2.24) is 0 Å². The first kappa shape index (κ1) is 11.1. The van der Waals surface area contributed by atoms with E-state index in [0.29, 0.717) is 6.61 Å². The standard InChI is InChI=1S/C12H12O3S/c1-8(12(13)14)15-7-9-2-3-11-10(6-9)4-5-16-11/h2-6,8H,7H2,1H3,(H,13,14). The molecule has 84 valence electrons. The maximum Gasteiger partial charge on any atom is 0.332 e. The van der Waals surface area contributed by atoms with Crippen LogP contribution < -0.4 is 0 Å². The van der Waals surface area contributed by atoms with Gasteiger partial charge in [-0.2, -0.15) is 0 Å². The van der Waals surface area contributed by atoms with Gasteiger partial charge in [0, 0.05) is 4.70 Å². The molecular weight excluding hydrogens is 224 g/mol. The van der Waals surface area contributed by atoms with E-state index in [1.165, 1.54) is 17.0 Å². The Morgan fingerprint density at radius 1 is 1.50 bits per heavy atom. The second-order valence-electron chi connectivity index (χ2n) is 3.58. The summed E-state index contributed by atoms with van der Waals surface area (Å²) < 4.78 is 6.45. The summed E-state index contributed by atoms with van der Waals surface area (Å²) in [6.45, 7) is 1.87. The van der Waals surface area contributed by atoms with Crippen molar-refractivity contribution in [3.63, 3.8) is 0 Å². The third kappa shape index (κ3) is 2.40. The van der Waals surface area contributed by atoms with Gasteiger partial charge in [0.2, 0.25) is 0 Å². The Hall–Kier alpha value is -1.39. The van der Waals surface area contributed by atoms with Crippen molar-refractivity contribution < 1.29 is 14.6 Å². The van der Waals surface area contributed by atoms with Crippen LogP contribution in [0.4, 0.5) is 0 Å². The molecule has 1 heterocycles. The van der Waals surface area contributed by atoms with E-state index in [0.717, 1.165) is 5.56 Å². The molecule has 1 unspecified atom stereocenters. The van der Waals surface area contributed by atoms with Crippen LogP contribution in [0.25, 0.3) is 10.1 Å². The summed E-state index contributed by atoms with van der Waals surface area (Å²) in [5, 5.41) is 11.9. The van der Waals surface area contributed by atoms with E-state index in [2.05, 4.69) is 0 Å². The number of thiophene rings is 1. The average Bonchev–Trinajstić information content (AvgIpc) is 2.72. The molecule has 0 amide bonds. The minimum Gasteiger partial charge on any atom is -0.479 e. The van der Waals surface area contributed by atoms with Gasteiger partial charge in [-0.25, -0.2) is 4.79 Å². The van der Waals surface area contributed by atoms with E-state index in [4.69, 9.17) is 9.84 Å². The van der Waals surface area contributed by atoms with Crippen LogP contribution in [0.1, 0.15) is 12.5 Å². The van der Waals surface area contributed by atoms with Crippen LogP contribution in [0, 0.1) is 0 Å². The Kier molecular flexibility index (Phi) is 3.22. The number of aliphatic carboxylic acids is 1. The quantitative estimate of drug-likeness (QED) is 0.887. The maximum atomic E-state index is 10.6. The third-order valence-electron chi connectivity index (χ3n) is 2.36. The number of carbonyl (C=O) groups is 1. The molecule has 0 aliphatic rings. The van der Waals surface area contributed by atoms with Gasteiger partial charge < -0.3 is 9.84 Å². The van der Waals surface area contributed by atoms with Gasteiger partial charge >= 0.3 is 5.97 Å². The normalized spacial score (nSPS) is 12.8. The summed E-state index contributed by atoms with van der Waals surface area (Å²) in [6, 6.07) is 8.07. The van der Waals surface area contributed by atoms with Gasteiger partial charge in [0.05, 0.1) is 6.61 Å². The molecular formula is C12H12O3S. The number of benzene rings is 1. The Morgan fingerprint density at radius 2 is 2.31 bits per heavy atom. The molecule has 0 aliphatic carbocycles. The van der Waals surface area contributed by atoms with Crippen molar-refractivity contribution in [1.29, 1.82) is 0 Å². The Balaban J connectivity index is 2.06. The van der Waals surface area contributed by atoms with Crippen molar-refractivity contribution in [3.05, 3.63) is 35.2 Å². The van der Waals surface area contributed by atoms with Crippen LogP contribution >= 0.6 is 11.3 Å². The Morgan fingerprint density at radius 3 is 3.06 bits per heavy atom. The molecule has 0 spiro atoms. The van der Waals surface area contributed by atoms with Crippen molar-refractivity contribution >= 4 is 27.4 Å². The molecule has 3 nitrogen and oxygen atoms in total. The zero-order valence-electron chi connectivity index (χ0n) is 8.84. The van der Waals surface area contributed by atoms with Gasteiger partial charge in [0.1, 0.15) is 0 Å². The molecule has 0 saturated heterocycles. The number of ether oxygens (including phenoxy) is 1. The Labute approximate surface area is 97.3 Å². The highest BCUT2D eigenvalue weighted by Gasteiger charge is 2.10. The van der Waals surface area contributed by atoms with Crippen molar-refractivity contribution in [2.24, 2.45) is 0 Å². The lowest BCUT2D eigenvalue weighted by atomic mass is 10.2. The number of carboxylic acid groups (broad SMARTS) is 1. The second-order valence-corrected chi connectivity index (χ2v) is 4.53. The monoisotopic (exact) mass is 236 g/mol. The fourth-order valence-corrected chi connectivity index (χ4v) is 2.17. The maximum absolute atomic E-state index is 10.6. The van der Waals surface area contributed by atoms with Gasteiger partial charge in [0.25, 0.3) is 0 Å². The smallest absolute Gasteiger partial charge is 0.332 e. The molecule has 1 N–H and O–H groups in total. The van der Waals surface area contributed by atoms with Crippen LogP contribution in [0.2, 0.25) is 0 Å².